The van der Waals surface area contributed by atoms with Gasteiger partial charge in [0.05, 0.1) is 6.61 Å². The van der Waals surface area contributed by atoms with E-state index in [9.17, 15) is 0 Å². The molecule has 0 aliphatic carbocycles. The molecule has 1 N–H and O–H groups in total. The Morgan fingerprint density at radius 2 is 2.11 bits per heavy atom. The second-order valence-corrected chi connectivity index (χ2v) is 4.50. The van der Waals surface area contributed by atoms with Crippen molar-refractivity contribution in [1.29, 1.82) is 0 Å². The Morgan fingerprint density at radius 3 is 2.83 bits per heavy atom. The van der Waals surface area contributed by atoms with Crippen molar-refractivity contribution >= 4 is 25.0 Å². The van der Waals surface area contributed by atoms with Crippen molar-refractivity contribution in [2.24, 2.45) is 0 Å². The third kappa shape index (κ3) is 8.61. The Labute approximate surface area is 122 Å². The summed E-state index contributed by atoms with van der Waals surface area (Å²) >= 11 is 4.14. The summed E-state index contributed by atoms with van der Waals surface area (Å²) in [4.78, 5) is 4.15. The molecule has 18 heavy (non-hydrogen) atoms. The fraction of sp³-hybridized carbons (Fsp3) is 0.615. The van der Waals surface area contributed by atoms with Gasteiger partial charge in [-0.05, 0) is 44.4 Å². The fourth-order valence-corrected chi connectivity index (χ4v) is 1.66. The van der Waals surface area contributed by atoms with Crippen molar-refractivity contribution in [1.82, 2.24) is 10.3 Å². The van der Waals surface area contributed by atoms with Gasteiger partial charge in [-0.1, -0.05) is 0 Å². The highest BCUT2D eigenvalue weighted by molar-refractivity contribution is 7.80. The fourth-order valence-electron chi connectivity index (χ4n) is 1.50. The zero-order valence-corrected chi connectivity index (χ0v) is 12.6. The maximum absolute atomic E-state index is 5.57. The molecule has 0 bridgehead atoms. The van der Waals surface area contributed by atoms with Crippen LogP contribution in [0.2, 0.25) is 0 Å². The predicted octanol–water partition coefficient (Wildman–Crippen LogP) is 2.88. The lowest BCUT2D eigenvalue weighted by Gasteiger charge is -2.06. The van der Waals surface area contributed by atoms with Crippen molar-refractivity contribution in [2.45, 2.75) is 26.2 Å². The van der Waals surface area contributed by atoms with E-state index in [0.29, 0.717) is 0 Å². The number of hydrogen-bond acceptors (Lipinski definition) is 4. The van der Waals surface area contributed by atoms with E-state index in [-0.39, 0.29) is 12.4 Å². The van der Waals surface area contributed by atoms with Gasteiger partial charge in [0.1, 0.15) is 0 Å². The molecule has 1 heterocycles. The molecule has 5 heteroatoms. The minimum Gasteiger partial charge on any atom is -0.478 e. The van der Waals surface area contributed by atoms with Crippen molar-refractivity contribution in [2.75, 3.05) is 25.4 Å². The van der Waals surface area contributed by atoms with Crippen LogP contribution in [0.3, 0.4) is 0 Å². The number of pyridine rings is 1. The Kier molecular flexibility index (Phi) is 11.3. The largest absolute Gasteiger partial charge is 0.478 e. The van der Waals surface area contributed by atoms with Crippen LogP contribution in [0.5, 0.6) is 5.88 Å². The van der Waals surface area contributed by atoms with Gasteiger partial charge < -0.3 is 10.1 Å². The Bertz CT molecular complexity index is 313. The minimum atomic E-state index is 0. The molecular formula is C13H23ClN2OS. The molecule has 104 valence electrons. The first-order chi connectivity index (χ1) is 8.33. The normalized spacial score (nSPS) is 9.89. The van der Waals surface area contributed by atoms with Crippen molar-refractivity contribution in [3.05, 3.63) is 23.9 Å². The van der Waals surface area contributed by atoms with E-state index in [1.165, 1.54) is 18.4 Å². The highest BCUT2D eigenvalue weighted by atomic mass is 35.5. The van der Waals surface area contributed by atoms with Gasteiger partial charge in [0, 0.05) is 24.6 Å². The molecule has 0 amide bonds. The van der Waals surface area contributed by atoms with E-state index in [2.05, 4.69) is 22.9 Å². The summed E-state index contributed by atoms with van der Waals surface area (Å²) in [5, 5.41) is 3.32. The van der Waals surface area contributed by atoms with Gasteiger partial charge in [-0.3, -0.25) is 0 Å². The summed E-state index contributed by atoms with van der Waals surface area (Å²) in [6.45, 7) is 4.86. The number of unbranched alkanes of at least 4 members (excludes halogenated alkanes) is 2. The monoisotopic (exact) mass is 290 g/mol. The summed E-state index contributed by atoms with van der Waals surface area (Å²) in [6, 6.07) is 3.94. The molecule has 3 nitrogen and oxygen atoms in total. The number of rotatable bonds is 9. The Hall–Kier alpha value is -0.450. The van der Waals surface area contributed by atoms with E-state index in [4.69, 9.17) is 4.74 Å². The average Bonchev–Trinajstić information content (AvgIpc) is 2.33. The summed E-state index contributed by atoms with van der Waals surface area (Å²) in [7, 11) is 0. The van der Waals surface area contributed by atoms with Gasteiger partial charge in [0.25, 0.3) is 0 Å². The molecule has 0 radical (unpaired) electrons. The number of aromatic nitrogens is 1. The van der Waals surface area contributed by atoms with Crippen LogP contribution in [0.25, 0.3) is 0 Å². The molecule has 1 aromatic heterocycles. The van der Waals surface area contributed by atoms with E-state index >= 15 is 0 Å². The summed E-state index contributed by atoms with van der Waals surface area (Å²) < 4.78 is 5.57. The summed E-state index contributed by atoms with van der Waals surface area (Å²) in [5.74, 6) is 1.64. The molecule has 0 aliphatic rings. The second kappa shape index (κ2) is 11.6. The van der Waals surface area contributed by atoms with Crippen molar-refractivity contribution < 1.29 is 4.74 Å². The number of nitrogens with one attached hydrogen (secondary N) is 1. The predicted molar refractivity (Wildman–Crippen MR) is 82.3 cm³/mol. The first kappa shape index (κ1) is 17.6. The number of ether oxygens (including phenoxy) is 1. The van der Waals surface area contributed by atoms with Crippen molar-refractivity contribution in [3.63, 3.8) is 0 Å². The molecule has 0 saturated carbocycles. The maximum atomic E-state index is 5.57. The number of halogens is 1. The van der Waals surface area contributed by atoms with Gasteiger partial charge in [-0.25, -0.2) is 4.98 Å². The van der Waals surface area contributed by atoms with Gasteiger partial charge in [0.15, 0.2) is 0 Å². The maximum Gasteiger partial charge on any atom is 0.213 e. The number of aryl methyl sites for hydroxylation is 1. The van der Waals surface area contributed by atoms with Gasteiger partial charge in [-0.15, -0.1) is 12.4 Å². The van der Waals surface area contributed by atoms with Gasteiger partial charge in [0.2, 0.25) is 5.88 Å². The Morgan fingerprint density at radius 1 is 1.28 bits per heavy atom. The van der Waals surface area contributed by atoms with E-state index in [1.807, 2.05) is 19.1 Å². The first-order valence-corrected chi connectivity index (χ1v) is 6.83. The van der Waals surface area contributed by atoms with Gasteiger partial charge >= 0.3 is 0 Å². The number of hydrogen-bond donors (Lipinski definition) is 2. The third-order valence-corrected chi connectivity index (χ3v) is 2.65. The van der Waals surface area contributed by atoms with Crippen LogP contribution in [-0.4, -0.2) is 30.4 Å². The van der Waals surface area contributed by atoms with Crippen LogP contribution in [0.15, 0.2) is 18.3 Å². The average molecular weight is 291 g/mol. The lowest BCUT2D eigenvalue weighted by molar-refractivity contribution is 0.293. The van der Waals surface area contributed by atoms with Crippen LogP contribution in [0.4, 0.5) is 0 Å². The van der Waals surface area contributed by atoms with Crippen LogP contribution in [0.1, 0.15) is 24.8 Å². The molecule has 0 unspecified atom stereocenters. The molecule has 0 fully saturated rings. The SMILES string of the molecule is Cc1ccnc(OCCCCCNCCS)c1.Cl. The molecule has 0 spiro atoms. The third-order valence-electron chi connectivity index (χ3n) is 2.43. The van der Waals surface area contributed by atoms with Crippen LogP contribution >= 0.6 is 25.0 Å². The molecule has 1 rings (SSSR count). The topological polar surface area (TPSA) is 34.1 Å². The van der Waals surface area contributed by atoms with Crippen LogP contribution < -0.4 is 10.1 Å². The van der Waals surface area contributed by atoms with E-state index < -0.39 is 0 Å². The quantitative estimate of drug-likeness (QED) is 0.542. The van der Waals surface area contributed by atoms with E-state index in [0.717, 1.165) is 37.8 Å². The lowest BCUT2D eigenvalue weighted by atomic mass is 10.2. The Balaban J connectivity index is 0.00000289. The standard InChI is InChI=1S/C13H22N2OS.ClH/c1-12-5-7-15-13(11-12)16-9-4-2-3-6-14-8-10-17;/h5,7,11,14,17H,2-4,6,8-10H2,1H3;1H. The molecule has 1 aromatic rings. The summed E-state index contributed by atoms with van der Waals surface area (Å²) in [6.07, 6.45) is 5.24. The van der Waals surface area contributed by atoms with Gasteiger partial charge in [-0.2, -0.15) is 12.6 Å². The minimum absolute atomic E-state index is 0. The zero-order chi connectivity index (χ0) is 12.3. The zero-order valence-electron chi connectivity index (χ0n) is 10.9. The second-order valence-electron chi connectivity index (χ2n) is 4.05. The lowest BCUT2D eigenvalue weighted by Crippen LogP contribution is -2.17. The summed E-state index contributed by atoms with van der Waals surface area (Å²) in [5.41, 5.74) is 1.19. The number of nitrogens with zero attached hydrogens (tertiary/aromatic N) is 1. The highest BCUT2D eigenvalue weighted by Gasteiger charge is 1.95. The van der Waals surface area contributed by atoms with E-state index in [1.54, 1.807) is 6.20 Å². The van der Waals surface area contributed by atoms with Crippen LogP contribution in [0, 0.1) is 6.92 Å². The molecule has 0 aliphatic heterocycles. The molecular weight excluding hydrogens is 268 g/mol. The molecule has 0 atom stereocenters. The highest BCUT2D eigenvalue weighted by Crippen LogP contribution is 2.08. The molecule has 0 aromatic carbocycles. The number of thiol groups is 1. The van der Waals surface area contributed by atoms with Crippen LogP contribution in [-0.2, 0) is 0 Å². The molecule has 0 saturated heterocycles. The smallest absolute Gasteiger partial charge is 0.213 e. The van der Waals surface area contributed by atoms with Crippen molar-refractivity contribution in [3.8, 4) is 5.88 Å². The first-order valence-electron chi connectivity index (χ1n) is 6.20.